The molecule has 0 rings (SSSR count). The van der Waals surface area contributed by atoms with Crippen molar-refractivity contribution in [2.75, 3.05) is 39.6 Å². The summed E-state index contributed by atoms with van der Waals surface area (Å²) >= 11 is 0. The van der Waals surface area contributed by atoms with Crippen LogP contribution >= 0.6 is 15.6 Å². The summed E-state index contributed by atoms with van der Waals surface area (Å²) in [5, 5.41) is 10.6. The van der Waals surface area contributed by atoms with Crippen LogP contribution in [0, 0.1) is 0 Å². The quantitative estimate of drug-likeness (QED) is 0.0169. The highest BCUT2D eigenvalue weighted by Gasteiger charge is 2.30. The molecular weight excluding hydrogens is 1260 g/mol. The molecule has 19 heteroatoms. The number of rotatable bonds is 74. The van der Waals surface area contributed by atoms with E-state index in [1.165, 1.54) is 141 Å². The Morgan fingerprint density at radius 3 is 0.844 bits per heavy atom. The van der Waals surface area contributed by atoms with Crippen molar-refractivity contribution in [3.05, 3.63) is 48.6 Å². The molecule has 0 aromatic carbocycles. The molecule has 0 saturated heterocycles. The smallest absolute Gasteiger partial charge is 0.462 e. The summed E-state index contributed by atoms with van der Waals surface area (Å²) in [6.07, 6.45) is 66.6. The summed E-state index contributed by atoms with van der Waals surface area (Å²) in [5.41, 5.74) is 0. The Balaban J connectivity index is 5.31. The Morgan fingerprint density at radius 1 is 0.302 bits per heavy atom. The molecule has 5 atom stereocenters. The third-order valence-electron chi connectivity index (χ3n) is 16.8. The zero-order chi connectivity index (χ0) is 70.4. The van der Waals surface area contributed by atoms with Gasteiger partial charge in [-0.3, -0.25) is 37.3 Å². The first-order valence-corrected chi connectivity index (χ1v) is 41.9. The number of allylic oxidation sites excluding steroid dienone is 8. The van der Waals surface area contributed by atoms with E-state index in [4.69, 9.17) is 37.0 Å². The third kappa shape index (κ3) is 69.5. The molecule has 0 spiro atoms. The molecule has 0 fully saturated rings. The van der Waals surface area contributed by atoms with Gasteiger partial charge < -0.3 is 33.8 Å². The van der Waals surface area contributed by atoms with Crippen LogP contribution < -0.4 is 0 Å². The minimum Gasteiger partial charge on any atom is -0.462 e. The van der Waals surface area contributed by atoms with Crippen molar-refractivity contribution in [3.8, 4) is 0 Å². The second-order valence-electron chi connectivity index (χ2n) is 26.3. The largest absolute Gasteiger partial charge is 0.472 e. The lowest BCUT2D eigenvalue weighted by atomic mass is 10.0. The lowest BCUT2D eigenvalue weighted by molar-refractivity contribution is -0.161. The number of ether oxygens (including phenoxy) is 4. The van der Waals surface area contributed by atoms with Gasteiger partial charge in [-0.05, 0) is 83.5 Å². The van der Waals surface area contributed by atoms with Gasteiger partial charge in [0.1, 0.15) is 19.3 Å². The molecular formula is C77H142O17P2. The van der Waals surface area contributed by atoms with E-state index in [2.05, 4.69) is 76.3 Å². The highest BCUT2D eigenvalue weighted by atomic mass is 31.2. The molecule has 0 bridgehead atoms. The van der Waals surface area contributed by atoms with Gasteiger partial charge in [0.15, 0.2) is 12.2 Å². The second-order valence-corrected chi connectivity index (χ2v) is 29.2. The zero-order valence-corrected chi connectivity index (χ0v) is 63.1. The summed E-state index contributed by atoms with van der Waals surface area (Å²) in [5.74, 6) is -2.16. The average molecular weight is 1400 g/mol. The van der Waals surface area contributed by atoms with Crippen molar-refractivity contribution in [2.45, 2.75) is 380 Å². The van der Waals surface area contributed by atoms with E-state index in [1.54, 1.807) is 0 Å². The minimum absolute atomic E-state index is 0.0982. The number of phosphoric acid groups is 2. The van der Waals surface area contributed by atoms with Crippen LogP contribution in [0.2, 0.25) is 0 Å². The van der Waals surface area contributed by atoms with Gasteiger partial charge in [0.25, 0.3) is 0 Å². The number of aliphatic hydroxyl groups is 1. The van der Waals surface area contributed by atoms with E-state index in [0.717, 1.165) is 141 Å². The van der Waals surface area contributed by atoms with Crippen molar-refractivity contribution in [1.29, 1.82) is 0 Å². The van der Waals surface area contributed by atoms with Crippen LogP contribution in [0.25, 0.3) is 0 Å². The zero-order valence-electron chi connectivity index (χ0n) is 61.3. The summed E-state index contributed by atoms with van der Waals surface area (Å²) < 4.78 is 68.5. The van der Waals surface area contributed by atoms with Gasteiger partial charge in [-0.15, -0.1) is 0 Å². The number of hydrogen-bond acceptors (Lipinski definition) is 15. The molecule has 0 aliphatic rings. The minimum atomic E-state index is -4.97. The van der Waals surface area contributed by atoms with Gasteiger partial charge in [0.2, 0.25) is 0 Å². The molecule has 96 heavy (non-hydrogen) atoms. The van der Waals surface area contributed by atoms with Crippen molar-refractivity contribution in [1.82, 2.24) is 0 Å². The monoisotopic (exact) mass is 1400 g/mol. The fraction of sp³-hybridized carbons (Fsp3) is 0.844. The Hall–Kier alpha value is -2.98. The Labute approximate surface area is 585 Å². The summed E-state index contributed by atoms with van der Waals surface area (Å²) in [6, 6.07) is 0. The van der Waals surface area contributed by atoms with Crippen molar-refractivity contribution >= 4 is 39.5 Å². The molecule has 0 aromatic rings. The molecule has 0 radical (unpaired) electrons. The van der Waals surface area contributed by atoms with E-state index in [-0.39, 0.29) is 25.7 Å². The number of unbranched alkanes of at least 4 members (excludes halogenated alkanes) is 40. The Kier molecular flexibility index (Phi) is 68.3. The number of esters is 4. The predicted molar refractivity (Wildman–Crippen MR) is 390 cm³/mol. The summed E-state index contributed by atoms with van der Waals surface area (Å²) in [4.78, 5) is 72.8. The number of carbonyl (C=O) groups excluding carboxylic acids is 4. The normalized spacial score (nSPS) is 14.2. The van der Waals surface area contributed by atoms with Crippen LogP contribution in [0.3, 0.4) is 0 Å². The molecule has 0 amide bonds. The van der Waals surface area contributed by atoms with E-state index >= 15 is 0 Å². The molecule has 0 aliphatic heterocycles. The second kappa shape index (κ2) is 70.5. The van der Waals surface area contributed by atoms with Gasteiger partial charge in [-0.2, -0.15) is 0 Å². The predicted octanol–water partition coefficient (Wildman–Crippen LogP) is 22.1. The molecule has 5 unspecified atom stereocenters. The van der Waals surface area contributed by atoms with Gasteiger partial charge in [0, 0.05) is 25.7 Å². The third-order valence-corrected chi connectivity index (χ3v) is 18.7. The SMILES string of the molecule is CC/C=C\C/C=C\C/C=C\CCCCCCCC(=O)OCC(COP(=O)(O)OCC(O)COP(=O)(O)OCC(COC(=O)CCCCCCC/C=C\CCCCCCCC)OC(=O)CCCCCCCCCCCCCCC)OC(=O)CCCCCCCCCCCCCCC. The number of aliphatic hydroxyl groups excluding tert-OH is 1. The van der Waals surface area contributed by atoms with Crippen LogP contribution in [-0.2, 0) is 65.4 Å². The maximum Gasteiger partial charge on any atom is 0.472 e. The first-order valence-electron chi connectivity index (χ1n) is 38.9. The molecule has 562 valence electrons. The first kappa shape index (κ1) is 93.0. The maximum absolute atomic E-state index is 13.1. The van der Waals surface area contributed by atoms with Crippen LogP contribution in [0.15, 0.2) is 48.6 Å². The summed E-state index contributed by atoms with van der Waals surface area (Å²) in [7, 11) is -9.93. The Morgan fingerprint density at radius 2 is 0.542 bits per heavy atom. The van der Waals surface area contributed by atoms with Gasteiger partial charge in [-0.25, -0.2) is 9.13 Å². The van der Waals surface area contributed by atoms with E-state index in [0.29, 0.717) is 25.7 Å². The lowest BCUT2D eigenvalue weighted by Gasteiger charge is -2.21. The van der Waals surface area contributed by atoms with Crippen LogP contribution in [0.5, 0.6) is 0 Å². The molecule has 0 aromatic heterocycles. The molecule has 0 saturated carbocycles. The number of phosphoric ester groups is 2. The molecule has 0 aliphatic carbocycles. The lowest BCUT2D eigenvalue weighted by Crippen LogP contribution is -2.30. The molecule has 3 N–H and O–H groups in total. The first-order chi connectivity index (χ1) is 46.7. The number of carbonyl (C=O) groups is 4. The van der Waals surface area contributed by atoms with Crippen molar-refractivity contribution in [2.24, 2.45) is 0 Å². The van der Waals surface area contributed by atoms with Crippen molar-refractivity contribution in [3.63, 3.8) is 0 Å². The fourth-order valence-electron chi connectivity index (χ4n) is 10.9. The molecule has 0 heterocycles. The average Bonchev–Trinajstić information content (AvgIpc) is 1.14. The maximum atomic E-state index is 13.1. The van der Waals surface area contributed by atoms with Crippen LogP contribution in [0.4, 0.5) is 0 Å². The van der Waals surface area contributed by atoms with E-state index < -0.39 is 97.5 Å². The van der Waals surface area contributed by atoms with Gasteiger partial charge in [0.05, 0.1) is 26.4 Å². The molecule has 17 nitrogen and oxygen atoms in total. The van der Waals surface area contributed by atoms with Crippen LogP contribution in [0.1, 0.15) is 362 Å². The highest BCUT2D eigenvalue weighted by molar-refractivity contribution is 7.47. The topological polar surface area (TPSA) is 237 Å². The fourth-order valence-corrected chi connectivity index (χ4v) is 12.5. The van der Waals surface area contributed by atoms with E-state index in [9.17, 15) is 43.2 Å². The standard InChI is InChI=1S/C77H142O17P2/c1-5-9-13-17-21-25-29-33-35-39-41-45-49-53-57-61-74(79)87-67-72(93-76(81)63-59-55-51-47-43-37-31-27-23-19-15-11-7-3)69-91-95(83,84)89-65-71(78)66-90-96(85,86)92-70-73(94-77(82)64-60-56-52-48-44-38-32-28-24-20-16-12-8-4)68-88-75(80)62-58-54-50-46-42-40-36-34-30-26-22-18-14-10-6-2/h9,13,21,25,33-36,71-73,78H,5-8,10-12,14-20,22-24,26-32,37-70H2,1-4H3,(H,83,84)(H,85,86)/b13-9-,25-21-,35-33-,36-34-. The van der Waals surface area contributed by atoms with Gasteiger partial charge >= 0.3 is 39.5 Å². The summed E-state index contributed by atoms with van der Waals surface area (Å²) in [6.45, 7) is 4.80. The van der Waals surface area contributed by atoms with E-state index in [1.807, 2.05) is 0 Å². The Bertz CT molecular complexity index is 2010. The highest BCUT2D eigenvalue weighted by Crippen LogP contribution is 2.45. The number of hydrogen-bond donors (Lipinski definition) is 3. The van der Waals surface area contributed by atoms with Crippen molar-refractivity contribution < 1.29 is 80.2 Å². The van der Waals surface area contributed by atoms with Crippen LogP contribution in [-0.4, -0.2) is 96.7 Å². The van der Waals surface area contributed by atoms with Gasteiger partial charge in [-0.1, -0.05) is 301 Å².